The number of benzene rings is 4. The number of aromatic hydroxyl groups is 1. The van der Waals surface area contributed by atoms with E-state index < -0.39 is 20.2 Å². The number of phenolic OH excluding ortho intramolecular Hbond substituents is 1. The van der Waals surface area contributed by atoms with Crippen LogP contribution < -0.4 is 14.6 Å². The summed E-state index contributed by atoms with van der Waals surface area (Å²) in [4.78, 5) is -0.581. The maximum Gasteiger partial charge on any atom is 2.00 e. The molecule has 0 unspecified atom stereocenters. The van der Waals surface area contributed by atoms with Gasteiger partial charge in [0.25, 0.3) is 10.1 Å². The summed E-state index contributed by atoms with van der Waals surface area (Å²) in [6, 6.07) is 21.0. The normalized spacial score (nSPS) is 11.3. The van der Waals surface area contributed by atoms with Gasteiger partial charge in [-0.1, -0.05) is 134 Å². The predicted octanol–water partition coefficient (Wildman–Crippen LogP) is 10.9. The van der Waals surface area contributed by atoms with E-state index in [2.05, 4.69) is 13.8 Å². The molecule has 13 heteroatoms. The van der Waals surface area contributed by atoms with E-state index >= 15 is 0 Å². The molecule has 2 N–H and O–H groups in total. The Balaban J connectivity index is 0.000000387. The van der Waals surface area contributed by atoms with Crippen molar-refractivity contribution < 1.29 is 45.6 Å². The van der Waals surface area contributed by atoms with Crippen molar-refractivity contribution in [2.24, 2.45) is 0 Å². The average Bonchev–Trinajstić information content (AvgIpc) is 3.15. The molecule has 308 valence electrons. The van der Waals surface area contributed by atoms with Crippen molar-refractivity contribution in [3.63, 3.8) is 0 Å². The maximum absolute atomic E-state index is 12.3. The molecule has 0 atom stereocenters. The Hall–Kier alpha value is -2.84. The molecule has 4 rings (SSSR count). The standard InChI is InChI=1S/2C22H30O5S.Ca/c2*1-2-3-4-5-6-7-8-9-14-20-21(23)15-11-16-22(20)27-18-12-10-13-19(17-18)28(24,25)26;/h2*10-13,15-17,23H,2-9,14H2,1H3,(H,24,25,26);/q;;+2/p-2. The average molecular weight is 851 g/mol. The fourth-order valence-electron chi connectivity index (χ4n) is 6.31. The zero-order valence-corrected chi connectivity index (χ0v) is 37.3. The van der Waals surface area contributed by atoms with Crippen LogP contribution in [-0.2, 0) is 33.1 Å². The van der Waals surface area contributed by atoms with Gasteiger partial charge in [-0.05, 0) is 79.8 Å². The Kier molecular flexibility index (Phi) is 23.8. The van der Waals surface area contributed by atoms with Crippen LogP contribution in [0.2, 0.25) is 0 Å². The van der Waals surface area contributed by atoms with Crippen LogP contribution in [0.25, 0.3) is 0 Å². The minimum absolute atomic E-state index is 0. The molecule has 0 aromatic heterocycles. The van der Waals surface area contributed by atoms with Crippen LogP contribution in [0.15, 0.2) is 94.7 Å². The first-order valence-electron chi connectivity index (χ1n) is 19.9. The molecular weight excluding hydrogens is 793 g/mol. The molecule has 4 aromatic rings. The number of unbranched alkanes of at least 4 members (excludes halogenated alkanes) is 14. The molecule has 0 aliphatic heterocycles. The summed E-state index contributed by atoms with van der Waals surface area (Å²) in [6.07, 6.45) is 20.3. The van der Waals surface area contributed by atoms with Crippen molar-refractivity contribution in [3.05, 3.63) is 96.1 Å². The number of rotatable bonds is 24. The Labute approximate surface area is 370 Å². The molecule has 0 bridgehead atoms. The summed E-state index contributed by atoms with van der Waals surface area (Å²) < 4.78 is 76.9. The first kappa shape index (κ1) is 50.3. The third-order valence-electron chi connectivity index (χ3n) is 9.41. The van der Waals surface area contributed by atoms with Gasteiger partial charge in [0, 0.05) is 11.6 Å². The van der Waals surface area contributed by atoms with Crippen molar-refractivity contribution in [1.82, 2.24) is 0 Å². The second-order valence-electron chi connectivity index (χ2n) is 14.0. The Bertz CT molecular complexity index is 1840. The van der Waals surface area contributed by atoms with Crippen molar-refractivity contribution in [1.29, 1.82) is 0 Å². The maximum atomic E-state index is 12.3. The van der Waals surface area contributed by atoms with Gasteiger partial charge in [-0.15, -0.1) is 5.75 Å². The summed E-state index contributed by atoms with van der Waals surface area (Å²) >= 11 is 0. The van der Waals surface area contributed by atoms with Gasteiger partial charge in [0.15, 0.2) is 0 Å². The van der Waals surface area contributed by atoms with Crippen LogP contribution in [0.4, 0.5) is 0 Å². The van der Waals surface area contributed by atoms with Crippen molar-refractivity contribution in [2.45, 2.75) is 139 Å². The summed E-state index contributed by atoms with van der Waals surface area (Å²) in [5, 5.41) is 22.5. The fourth-order valence-corrected chi connectivity index (χ4v) is 7.33. The van der Waals surface area contributed by atoms with E-state index in [9.17, 15) is 36.2 Å². The molecule has 0 saturated carbocycles. The number of phenols is 1. The number of ether oxygens (including phenoxy) is 2. The fraction of sp³-hybridized carbons (Fsp3) is 0.455. The molecule has 0 aliphatic rings. The predicted molar refractivity (Wildman–Crippen MR) is 223 cm³/mol. The van der Waals surface area contributed by atoms with Crippen molar-refractivity contribution in [3.8, 4) is 34.5 Å². The zero-order chi connectivity index (χ0) is 40.8. The van der Waals surface area contributed by atoms with Crippen molar-refractivity contribution in [2.75, 3.05) is 0 Å². The minimum atomic E-state index is -4.56. The van der Waals surface area contributed by atoms with Gasteiger partial charge in [0.05, 0.1) is 9.79 Å². The van der Waals surface area contributed by atoms with Gasteiger partial charge in [-0.3, -0.25) is 4.55 Å². The number of hydrogen-bond acceptors (Lipinski definition) is 9. The molecular formula is C44H58CaO10S2. The minimum Gasteiger partial charge on any atom is -0.872 e. The summed E-state index contributed by atoms with van der Waals surface area (Å²) in [5.74, 6) is 1.50. The van der Waals surface area contributed by atoms with E-state index in [-0.39, 0.29) is 70.5 Å². The second kappa shape index (κ2) is 27.0. The Morgan fingerprint density at radius 3 is 1.44 bits per heavy atom. The quantitative estimate of drug-likeness (QED) is 0.0392. The molecule has 4 aromatic carbocycles. The smallest absolute Gasteiger partial charge is 0.872 e. The molecule has 0 heterocycles. The third kappa shape index (κ3) is 19.2. The van der Waals surface area contributed by atoms with Crippen LogP contribution in [0.3, 0.4) is 0 Å². The van der Waals surface area contributed by atoms with Gasteiger partial charge < -0.3 is 24.2 Å². The molecule has 0 amide bonds. The summed E-state index contributed by atoms with van der Waals surface area (Å²) in [5.41, 5.74) is 1.30. The SMILES string of the molecule is CCCCCCCCCCc1c(O)cccc1Oc1cccc(S(=O)(=O)O)c1.CCCCCCCCCCc1c([O-])cccc1Oc1cccc(S(=O)(=O)[O-])c1.[Ca+2]. The summed E-state index contributed by atoms with van der Waals surface area (Å²) in [6.45, 7) is 4.42. The Morgan fingerprint density at radius 1 is 0.544 bits per heavy atom. The monoisotopic (exact) mass is 850 g/mol. The van der Waals surface area contributed by atoms with Gasteiger partial charge >= 0.3 is 37.7 Å². The van der Waals surface area contributed by atoms with Crippen LogP contribution in [-0.4, -0.2) is 68.8 Å². The van der Waals surface area contributed by atoms with Gasteiger partial charge in [0.1, 0.15) is 38.9 Å². The first-order valence-corrected chi connectivity index (χ1v) is 22.8. The molecule has 0 radical (unpaired) electrons. The second-order valence-corrected chi connectivity index (χ2v) is 16.8. The van der Waals surface area contributed by atoms with Gasteiger partial charge in [-0.2, -0.15) is 8.42 Å². The molecule has 0 saturated heterocycles. The van der Waals surface area contributed by atoms with Crippen LogP contribution in [0.5, 0.6) is 34.5 Å². The molecule has 10 nitrogen and oxygen atoms in total. The van der Waals surface area contributed by atoms with E-state index in [4.69, 9.17) is 9.47 Å². The Morgan fingerprint density at radius 2 is 0.947 bits per heavy atom. The summed E-state index contributed by atoms with van der Waals surface area (Å²) in [7, 11) is -8.85. The van der Waals surface area contributed by atoms with Crippen LogP contribution >= 0.6 is 0 Å². The molecule has 57 heavy (non-hydrogen) atoms. The van der Waals surface area contributed by atoms with E-state index in [1.54, 1.807) is 42.5 Å². The molecule has 0 fully saturated rings. The van der Waals surface area contributed by atoms with E-state index in [1.807, 2.05) is 0 Å². The van der Waals surface area contributed by atoms with Gasteiger partial charge in [0.2, 0.25) is 0 Å². The van der Waals surface area contributed by atoms with E-state index in [0.29, 0.717) is 35.5 Å². The topological polar surface area (TPSA) is 173 Å². The number of hydrogen-bond donors (Lipinski definition) is 2. The third-order valence-corrected chi connectivity index (χ3v) is 11.1. The van der Waals surface area contributed by atoms with Gasteiger partial charge in [-0.25, -0.2) is 8.42 Å². The van der Waals surface area contributed by atoms with E-state index in [1.165, 1.54) is 113 Å². The largest absolute Gasteiger partial charge is 2.00 e. The zero-order valence-electron chi connectivity index (χ0n) is 33.5. The van der Waals surface area contributed by atoms with Crippen LogP contribution in [0, 0.1) is 0 Å². The van der Waals surface area contributed by atoms with E-state index in [0.717, 1.165) is 32.1 Å². The van der Waals surface area contributed by atoms with Crippen molar-refractivity contribution >= 4 is 58.0 Å². The molecule has 0 aliphatic carbocycles. The van der Waals surface area contributed by atoms with Crippen LogP contribution in [0.1, 0.15) is 128 Å². The molecule has 0 spiro atoms. The first-order chi connectivity index (χ1) is 26.8.